The second kappa shape index (κ2) is 6.75. The molecule has 2 rings (SSSR count). The second-order valence-corrected chi connectivity index (χ2v) is 5.39. The molecule has 0 aliphatic carbocycles. The minimum Gasteiger partial charge on any atom is -0.497 e. The van der Waals surface area contributed by atoms with Crippen LogP contribution in [0.25, 0.3) is 0 Å². The van der Waals surface area contributed by atoms with Crippen LogP contribution in [0.1, 0.15) is 37.9 Å². The van der Waals surface area contributed by atoms with Crippen LogP contribution in [0, 0.1) is 0 Å². The Morgan fingerprint density at radius 1 is 1.50 bits per heavy atom. The van der Waals surface area contributed by atoms with E-state index in [1.165, 1.54) is 13.3 Å². The van der Waals surface area contributed by atoms with E-state index in [1.54, 1.807) is 7.11 Å². The van der Waals surface area contributed by atoms with Crippen molar-refractivity contribution in [1.82, 2.24) is 4.90 Å². The van der Waals surface area contributed by atoms with E-state index in [2.05, 4.69) is 11.9 Å². The van der Waals surface area contributed by atoms with E-state index in [9.17, 15) is 4.79 Å². The summed E-state index contributed by atoms with van der Waals surface area (Å²) in [7, 11) is 3.78. The molecule has 2 atom stereocenters. The molecule has 1 aliphatic rings. The molecule has 4 heteroatoms. The number of carbonyl (C=O) groups is 1. The lowest BCUT2D eigenvalue weighted by atomic mass is 10.00. The summed E-state index contributed by atoms with van der Waals surface area (Å²) in [6, 6.07) is 8.25. The number of hydrogen-bond donors (Lipinski definition) is 0. The fraction of sp³-hybridized carbons (Fsp3) is 0.562. The Morgan fingerprint density at radius 2 is 2.30 bits per heavy atom. The maximum absolute atomic E-state index is 11.4. The fourth-order valence-corrected chi connectivity index (χ4v) is 2.82. The van der Waals surface area contributed by atoms with Gasteiger partial charge in [-0.2, -0.15) is 0 Å². The van der Waals surface area contributed by atoms with E-state index in [1.807, 2.05) is 24.3 Å². The van der Waals surface area contributed by atoms with Gasteiger partial charge in [0.15, 0.2) is 0 Å². The van der Waals surface area contributed by atoms with Crippen LogP contribution in [0.5, 0.6) is 5.75 Å². The molecule has 0 bridgehead atoms. The summed E-state index contributed by atoms with van der Waals surface area (Å²) in [5, 5.41) is 0. The Bertz CT molecular complexity index is 461. The third kappa shape index (κ3) is 3.73. The molecule has 1 aromatic carbocycles. The zero-order valence-electron chi connectivity index (χ0n) is 12.5. The first-order chi connectivity index (χ1) is 9.60. The predicted octanol–water partition coefficient (Wildman–Crippen LogP) is 2.78. The number of benzene rings is 1. The smallest absolute Gasteiger partial charge is 0.303 e. The first-order valence-corrected chi connectivity index (χ1v) is 7.11. The maximum atomic E-state index is 11.4. The van der Waals surface area contributed by atoms with Gasteiger partial charge in [-0.1, -0.05) is 12.1 Å². The van der Waals surface area contributed by atoms with Crippen molar-refractivity contribution in [2.24, 2.45) is 0 Å². The van der Waals surface area contributed by atoms with Gasteiger partial charge in [0.25, 0.3) is 0 Å². The van der Waals surface area contributed by atoms with Crippen molar-refractivity contribution in [2.45, 2.75) is 38.3 Å². The Hall–Kier alpha value is -1.55. The van der Waals surface area contributed by atoms with Crippen LogP contribution in [-0.2, 0) is 9.53 Å². The van der Waals surface area contributed by atoms with Crippen LogP contribution in [0.3, 0.4) is 0 Å². The zero-order valence-corrected chi connectivity index (χ0v) is 12.5. The van der Waals surface area contributed by atoms with Gasteiger partial charge in [-0.15, -0.1) is 0 Å². The van der Waals surface area contributed by atoms with Gasteiger partial charge in [-0.25, -0.2) is 0 Å². The van der Waals surface area contributed by atoms with Gasteiger partial charge < -0.3 is 14.4 Å². The molecule has 20 heavy (non-hydrogen) atoms. The molecule has 1 heterocycles. The average Bonchev–Trinajstić information content (AvgIpc) is 2.83. The summed E-state index contributed by atoms with van der Waals surface area (Å²) in [5.41, 5.74) is 1.000. The number of hydrogen-bond acceptors (Lipinski definition) is 4. The molecule has 1 aliphatic heterocycles. The van der Waals surface area contributed by atoms with Gasteiger partial charge in [-0.3, -0.25) is 4.79 Å². The Balaban J connectivity index is 2.15. The maximum Gasteiger partial charge on any atom is 0.303 e. The zero-order chi connectivity index (χ0) is 14.5. The molecule has 0 radical (unpaired) electrons. The monoisotopic (exact) mass is 277 g/mol. The number of methoxy groups -OCH3 is 1. The fourth-order valence-electron chi connectivity index (χ4n) is 2.82. The molecule has 4 nitrogen and oxygen atoms in total. The van der Waals surface area contributed by atoms with E-state index >= 15 is 0 Å². The van der Waals surface area contributed by atoms with E-state index in [-0.39, 0.29) is 12.1 Å². The average molecular weight is 277 g/mol. The SMILES string of the molecule is COc1cccc([C@@H](CC2CCCN2C)OC(C)=O)c1. The molecule has 1 fully saturated rings. The molecule has 0 spiro atoms. The Labute approximate surface area is 120 Å². The van der Waals surface area contributed by atoms with Crippen LogP contribution in [0.15, 0.2) is 24.3 Å². The molecule has 0 N–H and O–H groups in total. The predicted molar refractivity (Wildman–Crippen MR) is 77.8 cm³/mol. The van der Waals surface area contributed by atoms with E-state index in [0.29, 0.717) is 6.04 Å². The Kier molecular flexibility index (Phi) is 5.01. The van der Waals surface area contributed by atoms with Gasteiger partial charge in [0.2, 0.25) is 0 Å². The molecule has 1 saturated heterocycles. The third-order valence-corrected chi connectivity index (χ3v) is 3.93. The number of esters is 1. The van der Waals surface area contributed by atoms with Gasteiger partial charge >= 0.3 is 5.97 Å². The number of rotatable bonds is 5. The van der Waals surface area contributed by atoms with Gasteiger partial charge in [0.05, 0.1) is 7.11 Å². The van der Waals surface area contributed by atoms with Crippen LogP contribution >= 0.6 is 0 Å². The summed E-state index contributed by atoms with van der Waals surface area (Å²) < 4.78 is 10.8. The number of likely N-dealkylation sites (tertiary alicyclic amines) is 1. The highest BCUT2D eigenvalue weighted by Gasteiger charge is 2.27. The van der Waals surface area contributed by atoms with Gasteiger partial charge in [-0.05, 0) is 44.1 Å². The quantitative estimate of drug-likeness (QED) is 0.776. The molecule has 0 saturated carbocycles. The molecule has 0 aromatic heterocycles. The second-order valence-electron chi connectivity index (χ2n) is 5.39. The standard InChI is InChI=1S/C16H23NO3/c1-12(18)20-16(11-14-7-5-9-17(14)2)13-6-4-8-15(10-13)19-3/h4,6,8,10,14,16H,5,7,9,11H2,1-3H3/t14?,16-/m1/s1. The Morgan fingerprint density at radius 3 is 2.90 bits per heavy atom. The van der Waals surface area contributed by atoms with Crippen molar-refractivity contribution in [2.75, 3.05) is 20.7 Å². The largest absolute Gasteiger partial charge is 0.497 e. The molecular formula is C16H23NO3. The highest BCUT2D eigenvalue weighted by atomic mass is 16.5. The van der Waals surface area contributed by atoms with Crippen LogP contribution in [0.4, 0.5) is 0 Å². The minimum absolute atomic E-state index is 0.201. The number of carbonyl (C=O) groups excluding carboxylic acids is 1. The number of ether oxygens (including phenoxy) is 2. The van der Waals surface area contributed by atoms with Crippen molar-refractivity contribution in [3.8, 4) is 5.75 Å². The summed E-state index contributed by atoms with van der Waals surface area (Å²) in [6.45, 7) is 2.58. The van der Waals surface area contributed by atoms with E-state index < -0.39 is 0 Å². The molecule has 110 valence electrons. The van der Waals surface area contributed by atoms with Crippen molar-refractivity contribution >= 4 is 5.97 Å². The van der Waals surface area contributed by atoms with Crippen molar-refractivity contribution in [3.63, 3.8) is 0 Å². The summed E-state index contributed by atoms with van der Waals surface area (Å²) in [5.74, 6) is 0.554. The summed E-state index contributed by atoms with van der Waals surface area (Å²) in [4.78, 5) is 13.7. The first kappa shape index (κ1) is 14.9. The van der Waals surface area contributed by atoms with Crippen molar-refractivity contribution in [1.29, 1.82) is 0 Å². The summed E-state index contributed by atoms with van der Waals surface area (Å²) >= 11 is 0. The molecule has 1 aromatic rings. The lowest BCUT2D eigenvalue weighted by Gasteiger charge is -2.25. The van der Waals surface area contributed by atoms with E-state index in [4.69, 9.17) is 9.47 Å². The summed E-state index contributed by atoms with van der Waals surface area (Å²) in [6.07, 6.45) is 3.02. The topological polar surface area (TPSA) is 38.8 Å². The van der Waals surface area contributed by atoms with E-state index in [0.717, 1.165) is 30.7 Å². The minimum atomic E-state index is -0.238. The van der Waals surface area contributed by atoms with Gasteiger partial charge in [0.1, 0.15) is 11.9 Å². The molecule has 1 unspecified atom stereocenters. The van der Waals surface area contributed by atoms with Gasteiger partial charge in [0, 0.05) is 19.4 Å². The lowest BCUT2D eigenvalue weighted by molar-refractivity contribution is -0.147. The first-order valence-electron chi connectivity index (χ1n) is 7.11. The number of nitrogens with zero attached hydrogens (tertiary/aromatic N) is 1. The third-order valence-electron chi connectivity index (χ3n) is 3.93. The normalized spacial score (nSPS) is 20.6. The molecular weight excluding hydrogens is 254 g/mol. The van der Waals surface area contributed by atoms with Crippen molar-refractivity contribution < 1.29 is 14.3 Å². The molecule has 0 amide bonds. The highest BCUT2D eigenvalue weighted by Crippen LogP contribution is 2.30. The van der Waals surface area contributed by atoms with Crippen molar-refractivity contribution in [3.05, 3.63) is 29.8 Å². The van der Waals surface area contributed by atoms with Crippen LogP contribution in [-0.4, -0.2) is 37.6 Å². The van der Waals surface area contributed by atoms with Crippen LogP contribution in [0.2, 0.25) is 0 Å². The van der Waals surface area contributed by atoms with Crippen LogP contribution < -0.4 is 4.74 Å². The highest BCUT2D eigenvalue weighted by molar-refractivity contribution is 5.66. The lowest BCUT2D eigenvalue weighted by Crippen LogP contribution is -2.28.